The van der Waals surface area contributed by atoms with Gasteiger partial charge in [0.1, 0.15) is 5.75 Å². The van der Waals surface area contributed by atoms with E-state index in [9.17, 15) is 9.90 Å². The highest BCUT2D eigenvalue weighted by molar-refractivity contribution is 6.30. The fourth-order valence-electron chi connectivity index (χ4n) is 1.47. The molecule has 0 spiro atoms. The van der Waals surface area contributed by atoms with E-state index in [0.717, 1.165) is 0 Å². The maximum Gasteiger partial charge on any atom is 0.306 e. The number of rotatable bonds is 4. The van der Waals surface area contributed by atoms with Gasteiger partial charge in [-0.15, -0.1) is 0 Å². The molecule has 1 aromatic carbocycles. The molecular weight excluding hydrogens is 228 g/mol. The number of halogens is 1. The Hall–Kier alpha value is -1.22. The lowest BCUT2D eigenvalue weighted by atomic mass is 10.1. The molecule has 0 aliphatic carbocycles. The van der Waals surface area contributed by atoms with Gasteiger partial charge in [0.15, 0.2) is 0 Å². The van der Waals surface area contributed by atoms with Crippen LogP contribution in [-0.2, 0) is 16.0 Å². The van der Waals surface area contributed by atoms with E-state index in [-0.39, 0.29) is 18.1 Å². The van der Waals surface area contributed by atoms with Crippen LogP contribution >= 0.6 is 11.6 Å². The van der Waals surface area contributed by atoms with Crippen molar-refractivity contribution in [1.29, 1.82) is 0 Å². The monoisotopic (exact) mass is 242 g/mol. The van der Waals surface area contributed by atoms with Crippen molar-refractivity contribution in [2.45, 2.75) is 26.7 Å². The smallest absolute Gasteiger partial charge is 0.306 e. The number of esters is 1. The number of benzene rings is 1. The molecule has 0 amide bonds. The predicted molar refractivity (Wildman–Crippen MR) is 62.8 cm³/mol. The summed E-state index contributed by atoms with van der Waals surface area (Å²) in [7, 11) is 0. The van der Waals surface area contributed by atoms with E-state index in [1.54, 1.807) is 26.0 Å². The third-order valence-electron chi connectivity index (χ3n) is 2.25. The van der Waals surface area contributed by atoms with Crippen molar-refractivity contribution in [3.63, 3.8) is 0 Å². The first-order valence-corrected chi connectivity index (χ1v) is 5.56. The molecule has 0 heterocycles. The number of phenolic OH excluding ortho intramolecular Hbond substituents is 1. The number of phenols is 1. The quantitative estimate of drug-likeness (QED) is 0.826. The Balaban J connectivity index is 2.70. The van der Waals surface area contributed by atoms with Crippen molar-refractivity contribution in [3.8, 4) is 5.75 Å². The molecule has 3 nitrogen and oxygen atoms in total. The van der Waals surface area contributed by atoms with Crippen LogP contribution in [0.3, 0.4) is 0 Å². The van der Waals surface area contributed by atoms with Gasteiger partial charge < -0.3 is 9.84 Å². The average molecular weight is 243 g/mol. The summed E-state index contributed by atoms with van der Waals surface area (Å²) in [5.41, 5.74) is 1.39. The van der Waals surface area contributed by atoms with E-state index in [0.29, 0.717) is 29.2 Å². The molecule has 1 aromatic rings. The molecule has 0 saturated carbocycles. The lowest BCUT2D eigenvalue weighted by Gasteiger charge is -2.07. The van der Waals surface area contributed by atoms with E-state index >= 15 is 0 Å². The molecule has 0 atom stereocenters. The van der Waals surface area contributed by atoms with Crippen LogP contribution in [0.15, 0.2) is 12.1 Å². The third kappa shape index (κ3) is 3.42. The lowest BCUT2D eigenvalue weighted by Crippen LogP contribution is -2.05. The Labute approximate surface area is 100.0 Å². The van der Waals surface area contributed by atoms with Crippen molar-refractivity contribution in [2.75, 3.05) is 6.61 Å². The molecular formula is C12H15ClO3. The number of hydrogen-bond donors (Lipinski definition) is 1. The number of hydrogen-bond acceptors (Lipinski definition) is 3. The summed E-state index contributed by atoms with van der Waals surface area (Å²) in [6, 6.07) is 3.36. The van der Waals surface area contributed by atoms with E-state index in [4.69, 9.17) is 16.3 Å². The second-order valence-electron chi connectivity index (χ2n) is 3.54. The van der Waals surface area contributed by atoms with E-state index in [2.05, 4.69) is 0 Å². The number of aryl methyl sites for hydroxylation is 2. The normalized spacial score (nSPS) is 10.2. The van der Waals surface area contributed by atoms with Gasteiger partial charge in [0.2, 0.25) is 0 Å². The molecule has 0 radical (unpaired) electrons. The summed E-state index contributed by atoms with van der Waals surface area (Å²) in [5, 5.41) is 10.3. The van der Waals surface area contributed by atoms with Crippen LogP contribution in [0.1, 0.15) is 24.5 Å². The fourth-order valence-corrected chi connectivity index (χ4v) is 1.76. The van der Waals surface area contributed by atoms with Crippen LogP contribution in [-0.4, -0.2) is 17.7 Å². The first-order chi connectivity index (χ1) is 7.54. The molecule has 0 fully saturated rings. The van der Waals surface area contributed by atoms with Gasteiger partial charge in [-0.25, -0.2) is 0 Å². The molecule has 1 N–H and O–H groups in total. The van der Waals surface area contributed by atoms with Crippen LogP contribution in [0.4, 0.5) is 0 Å². The molecule has 0 unspecified atom stereocenters. The van der Waals surface area contributed by atoms with Gasteiger partial charge >= 0.3 is 5.97 Å². The summed E-state index contributed by atoms with van der Waals surface area (Å²) >= 11 is 5.87. The van der Waals surface area contributed by atoms with Crippen molar-refractivity contribution in [3.05, 3.63) is 28.3 Å². The van der Waals surface area contributed by atoms with E-state index in [1.807, 2.05) is 0 Å². The largest absolute Gasteiger partial charge is 0.507 e. The second kappa shape index (κ2) is 5.75. The summed E-state index contributed by atoms with van der Waals surface area (Å²) in [4.78, 5) is 11.2. The Bertz CT molecular complexity index is 388. The Morgan fingerprint density at radius 2 is 2.19 bits per heavy atom. The third-order valence-corrected chi connectivity index (χ3v) is 2.47. The highest BCUT2D eigenvalue weighted by Gasteiger charge is 2.09. The SMILES string of the molecule is CCOC(=O)CCc1cc(Cl)cc(C)c1O. The Morgan fingerprint density at radius 3 is 2.81 bits per heavy atom. The Morgan fingerprint density at radius 1 is 1.50 bits per heavy atom. The van der Waals surface area contributed by atoms with Crippen LogP contribution < -0.4 is 0 Å². The molecule has 0 aliphatic heterocycles. The van der Waals surface area contributed by atoms with Gasteiger partial charge in [-0.05, 0) is 43.5 Å². The number of ether oxygens (including phenoxy) is 1. The van der Waals surface area contributed by atoms with Gasteiger partial charge in [0.05, 0.1) is 6.61 Å². The number of carbonyl (C=O) groups excluding carboxylic acids is 1. The van der Waals surface area contributed by atoms with Gasteiger partial charge in [-0.2, -0.15) is 0 Å². The van der Waals surface area contributed by atoms with E-state index < -0.39 is 0 Å². The molecule has 0 bridgehead atoms. The van der Waals surface area contributed by atoms with Crippen molar-refractivity contribution in [1.82, 2.24) is 0 Å². The van der Waals surface area contributed by atoms with Crippen LogP contribution in [0.5, 0.6) is 5.75 Å². The van der Waals surface area contributed by atoms with Crippen LogP contribution in [0.25, 0.3) is 0 Å². The minimum atomic E-state index is -0.264. The zero-order valence-corrected chi connectivity index (χ0v) is 10.2. The topological polar surface area (TPSA) is 46.5 Å². The van der Waals surface area contributed by atoms with Gasteiger partial charge in [0.25, 0.3) is 0 Å². The average Bonchev–Trinajstić information content (AvgIpc) is 2.21. The zero-order chi connectivity index (χ0) is 12.1. The first-order valence-electron chi connectivity index (χ1n) is 5.18. The van der Waals surface area contributed by atoms with Crippen LogP contribution in [0, 0.1) is 6.92 Å². The maximum atomic E-state index is 11.2. The molecule has 88 valence electrons. The van der Waals surface area contributed by atoms with Gasteiger partial charge in [-0.3, -0.25) is 4.79 Å². The standard InChI is InChI=1S/C12H15ClO3/c1-3-16-11(14)5-4-9-7-10(13)6-8(2)12(9)15/h6-7,15H,3-5H2,1-2H3. The lowest BCUT2D eigenvalue weighted by molar-refractivity contribution is -0.143. The zero-order valence-electron chi connectivity index (χ0n) is 9.42. The summed E-state index contributed by atoms with van der Waals surface area (Å²) in [6.45, 7) is 3.91. The number of aromatic hydroxyl groups is 1. The maximum absolute atomic E-state index is 11.2. The van der Waals surface area contributed by atoms with E-state index in [1.165, 1.54) is 0 Å². The summed E-state index contributed by atoms with van der Waals surface area (Å²) in [5.74, 6) is -0.0618. The minimum Gasteiger partial charge on any atom is -0.507 e. The fraction of sp³-hybridized carbons (Fsp3) is 0.417. The van der Waals surface area contributed by atoms with Crippen molar-refractivity contribution >= 4 is 17.6 Å². The molecule has 0 aliphatic rings. The highest BCUT2D eigenvalue weighted by Crippen LogP contribution is 2.27. The molecule has 16 heavy (non-hydrogen) atoms. The van der Waals surface area contributed by atoms with Crippen LogP contribution in [0.2, 0.25) is 5.02 Å². The minimum absolute atomic E-state index is 0.202. The summed E-state index contributed by atoms with van der Waals surface area (Å²) < 4.78 is 4.81. The van der Waals surface area contributed by atoms with Gasteiger partial charge in [-0.1, -0.05) is 11.6 Å². The molecule has 0 saturated heterocycles. The van der Waals surface area contributed by atoms with Crippen molar-refractivity contribution < 1.29 is 14.6 Å². The Kier molecular flexibility index (Phi) is 4.62. The first kappa shape index (κ1) is 12.8. The molecule has 4 heteroatoms. The summed E-state index contributed by atoms with van der Waals surface area (Å²) in [6.07, 6.45) is 0.688. The number of carbonyl (C=O) groups is 1. The van der Waals surface area contributed by atoms with Crippen molar-refractivity contribution in [2.24, 2.45) is 0 Å². The molecule has 1 rings (SSSR count). The highest BCUT2D eigenvalue weighted by atomic mass is 35.5. The van der Waals surface area contributed by atoms with Gasteiger partial charge in [0, 0.05) is 11.4 Å². The second-order valence-corrected chi connectivity index (χ2v) is 3.97. The molecule has 0 aromatic heterocycles. The predicted octanol–water partition coefficient (Wildman–Crippen LogP) is 2.85.